The number of rotatable bonds is 0. The molecular weight excluding hydrogens is 710 g/mol. The van der Waals surface area contributed by atoms with Gasteiger partial charge in [0.15, 0.2) is 0 Å². The third-order valence-corrected chi connectivity index (χ3v) is 5.53. The number of hydrogen-bond donors (Lipinski definition) is 0. The van der Waals surface area contributed by atoms with Crippen molar-refractivity contribution in [2.24, 2.45) is 0 Å². The molecule has 0 amide bonds. The van der Waals surface area contributed by atoms with Gasteiger partial charge in [0.05, 0.1) is 0 Å². The molecule has 0 aliphatic heterocycles. The second kappa shape index (κ2) is 25.1. The van der Waals surface area contributed by atoms with E-state index in [1.165, 1.54) is 50.2 Å². The molecule has 0 radical (unpaired) electrons. The second-order valence-corrected chi connectivity index (χ2v) is 15.1. The number of halogens is 2. The van der Waals surface area contributed by atoms with Crippen molar-refractivity contribution in [3.63, 3.8) is 0 Å². The first-order chi connectivity index (χ1) is 19.0. The minimum absolute atomic E-state index is 0. The fourth-order valence-electron chi connectivity index (χ4n) is 3.64. The molecule has 4 heteroatoms. The maximum Gasteiger partial charge on any atom is -0.0809 e. The molecular formula is C38H44Cl2Zr2-2. The van der Waals surface area contributed by atoms with Crippen molar-refractivity contribution in [2.45, 2.75) is 68.2 Å². The third-order valence-electron chi connectivity index (χ3n) is 5.53. The van der Waals surface area contributed by atoms with E-state index in [1.807, 2.05) is 0 Å². The molecule has 0 unspecified atom stereocenters. The quantitative estimate of drug-likeness (QED) is 0.230. The number of aryl methyl sites for hydroxylation is 2. The van der Waals surface area contributed by atoms with Crippen LogP contribution in [-0.2, 0) is 48.5 Å². The first-order valence-corrected chi connectivity index (χ1v) is 16.2. The molecule has 0 saturated heterocycles. The largest absolute Gasteiger partial charge is 1.00 e. The van der Waals surface area contributed by atoms with Crippen LogP contribution in [0.1, 0.15) is 65.5 Å². The Hall–Kier alpha value is -1.29. The summed E-state index contributed by atoms with van der Waals surface area (Å²) in [6.45, 7) is 16.9. The van der Waals surface area contributed by atoms with Crippen LogP contribution in [0, 0.1) is 26.0 Å². The Morgan fingerprint density at radius 1 is 0.595 bits per heavy atom. The summed E-state index contributed by atoms with van der Waals surface area (Å²) in [5, 5.41) is 5.45. The van der Waals surface area contributed by atoms with Gasteiger partial charge in [0.25, 0.3) is 0 Å². The van der Waals surface area contributed by atoms with Crippen molar-refractivity contribution < 1.29 is 73.3 Å². The Morgan fingerprint density at radius 2 is 0.905 bits per heavy atom. The van der Waals surface area contributed by atoms with E-state index in [1.54, 1.807) is 48.5 Å². The van der Waals surface area contributed by atoms with E-state index in [0.29, 0.717) is 0 Å². The first-order valence-electron chi connectivity index (χ1n) is 13.7. The van der Waals surface area contributed by atoms with Gasteiger partial charge in [-0.15, -0.1) is 82.9 Å². The average Bonchev–Trinajstić information content (AvgIpc) is 3.71. The van der Waals surface area contributed by atoms with Gasteiger partial charge >= 0.3 is 82.6 Å². The SMILES string of the molecule is CC1=[C-]CC=C1.CC1=[C-]CC=C1.C[C](C)=[Zr+2].C[C](C)=[Zr+2].Cc1c[cH-]c2ccccc12.Cc1c[cH-]c2ccccc12.[Cl-].[Cl-]. The zero-order valence-corrected chi connectivity index (χ0v) is 32.8. The molecule has 0 nitrogen and oxygen atoms in total. The summed E-state index contributed by atoms with van der Waals surface area (Å²) < 4.78 is 3.01. The summed E-state index contributed by atoms with van der Waals surface area (Å²) >= 11 is 3.11. The molecule has 4 aromatic carbocycles. The Morgan fingerprint density at radius 3 is 1.12 bits per heavy atom. The van der Waals surface area contributed by atoms with Crippen LogP contribution in [0.2, 0.25) is 0 Å². The van der Waals surface area contributed by atoms with Crippen molar-refractivity contribution in [1.82, 2.24) is 0 Å². The van der Waals surface area contributed by atoms with Crippen LogP contribution in [0.5, 0.6) is 0 Å². The number of benzene rings is 2. The van der Waals surface area contributed by atoms with Gasteiger partial charge in [-0.2, -0.15) is 35.4 Å². The molecule has 0 bridgehead atoms. The van der Waals surface area contributed by atoms with Crippen molar-refractivity contribution in [3.8, 4) is 0 Å². The molecule has 42 heavy (non-hydrogen) atoms. The van der Waals surface area contributed by atoms with E-state index in [9.17, 15) is 0 Å². The monoisotopic (exact) mass is 750 g/mol. The molecule has 6 rings (SSSR count). The fourth-order valence-corrected chi connectivity index (χ4v) is 3.64. The van der Waals surface area contributed by atoms with Gasteiger partial charge in [-0.25, -0.2) is 23.3 Å². The maximum atomic E-state index is 3.12. The molecule has 0 aromatic heterocycles. The Bertz CT molecular complexity index is 1330. The van der Waals surface area contributed by atoms with Gasteiger partial charge in [-0.05, 0) is 0 Å². The van der Waals surface area contributed by atoms with Gasteiger partial charge in [0.2, 0.25) is 0 Å². The van der Waals surface area contributed by atoms with Crippen molar-refractivity contribution in [1.29, 1.82) is 0 Å². The van der Waals surface area contributed by atoms with E-state index in [2.05, 4.69) is 165 Å². The third kappa shape index (κ3) is 19.8. The molecule has 4 aromatic rings. The number of hydrogen-bond acceptors (Lipinski definition) is 0. The van der Waals surface area contributed by atoms with E-state index in [-0.39, 0.29) is 24.8 Å². The Labute approximate surface area is 298 Å². The first kappa shape index (κ1) is 42.8. The number of fused-ring (bicyclic) bond motifs is 2. The predicted molar refractivity (Wildman–Crippen MR) is 174 cm³/mol. The van der Waals surface area contributed by atoms with E-state index in [4.69, 9.17) is 0 Å². The van der Waals surface area contributed by atoms with Crippen LogP contribution >= 0.6 is 0 Å². The van der Waals surface area contributed by atoms with E-state index in [0.717, 1.165) is 12.8 Å². The normalized spacial score (nSPS) is 11.6. The van der Waals surface area contributed by atoms with Crippen LogP contribution < -0.4 is 24.8 Å². The van der Waals surface area contributed by atoms with Crippen LogP contribution in [0.4, 0.5) is 0 Å². The number of allylic oxidation sites excluding steroid dienone is 8. The summed E-state index contributed by atoms with van der Waals surface area (Å²) in [6.07, 6.45) is 16.7. The fraction of sp³-hybridized carbons (Fsp3) is 0.263. The molecule has 2 aliphatic rings. The van der Waals surface area contributed by atoms with Gasteiger partial charge in [0, 0.05) is 0 Å². The van der Waals surface area contributed by atoms with Crippen LogP contribution in [-0.4, -0.2) is 6.41 Å². The molecule has 220 valence electrons. The predicted octanol–water partition coefficient (Wildman–Crippen LogP) is 4.62. The zero-order valence-electron chi connectivity index (χ0n) is 26.4. The van der Waals surface area contributed by atoms with Crippen LogP contribution in [0.3, 0.4) is 0 Å². The smallest absolute Gasteiger partial charge is 0.0809 e. The maximum absolute atomic E-state index is 3.12. The van der Waals surface area contributed by atoms with E-state index >= 15 is 0 Å². The molecule has 0 spiro atoms. The molecule has 0 N–H and O–H groups in total. The van der Waals surface area contributed by atoms with Crippen LogP contribution in [0.25, 0.3) is 21.5 Å². The summed E-state index contributed by atoms with van der Waals surface area (Å²) in [7, 11) is 0. The molecule has 0 atom stereocenters. The molecule has 2 aliphatic carbocycles. The molecule has 0 fully saturated rings. The second-order valence-electron chi connectivity index (χ2n) is 10.1. The standard InChI is InChI=1S/2C10H9.2C6H7.2C3H6.2ClH.2Zr/c2*1-8-6-7-9-4-2-3-5-10(8)9;2*1-6-4-2-3-5-6;2*1-3-2;;;;/h2*2-7H,1H3;2*2,4H,3H2,1H3;2*1-2H3;2*1H;;/q4*-1;;;;;2*+2/p-2. The van der Waals surface area contributed by atoms with Crippen LogP contribution in [0.15, 0.2) is 108 Å². The molecule has 0 saturated carbocycles. The molecule has 0 heterocycles. The summed E-state index contributed by atoms with van der Waals surface area (Å²) in [5.74, 6) is 0. The minimum Gasteiger partial charge on any atom is -1.00 e. The van der Waals surface area contributed by atoms with Crippen molar-refractivity contribution in [3.05, 3.63) is 132 Å². The van der Waals surface area contributed by atoms with E-state index < -0.39 is 0 Å². The zero-order chi connectivity index (χ0) is 29.9. The Kier molecular flexibility index (Phi) is 25.6. The van der Waals surface area contributed by atoms with Gasteiger partial charge in [-0.3, -0.25) is 12.2 Å². The van der Waals surface area contributed by atoms with Gasteiger partial charge < -0.3 is 24.8 Å². The average molecular weight is 754 g/mol. The summed E-state index contributed by atoms with van der Waals surface area (Å²) in [5.41, 5.74) is 5.29. The Balaban J connectivity index is 0. The summed E-state index contributed by atoms with van der Waals surface area (Å²) in [6, 6.07) is 25.5. The van der Waals surface area contributed by atoms with Crippen molar-refractivity contribution >= 4 is 28.0 Å². The summed E-state index contributed by atoms with van der Waals surface area (Å²) in [4.78, 5) is 0. The van der Waals surface area contributed by atoms with Gasteiger partial charge in [0.1, 0.15) is 0 Å². The minimum atomic E-state index is 0. The topological polar surface area (TPSA) is 0 Å². The van der Waals surface area contributed by atoms with Crippen molar-refractivity contribution in [2.75, 3.05) is 0 Å². The van der Waals surface area contributed by atoms with Gasteiger partial charge in [-0.1, -0.05) is 39.8 Å².